The van der Waals surface area contributed by atoms with Gasteiger partial charge in [0.05, 0.1) is 7.11 Å². The van der Waals surface area contributed by atoms with Crippen LogP contribution in [0.15, 0.2) is 10.5 Å². The van der Waals surface area contributed by atoms with Crippen molar-refractivity contribution >= 4 is 15.9 Å². The molecule has 0 saturated heterocycles. The largest absolute Gasteiger partial charge is 0.504 e. The van der Waals surface area contributed by atoms with Gasteiger partial charge in [-0.2, -0.15) is 0 Å². The molecule has 0 aliphatic heterocycles. The fourth-order valence-electron chi connectivity index (χ4n) is 2.68. The van der Waals surface area contributed by atoms with E-state index in [4.69, 9.17) is 10.5 Å². The third-order valence-corrected chi connectivity index (χ3v) is 4.74. The van der Waals surface area contributed by atoms with Crippen molar-refractivity contribution in [3.05, 3.63) is 21.7 Å². The van der Waals surface area contributed by atoms with Gasteiger partial charge < -0.3 is 15.6 Å². The number of nitrogens with two attached hydrogens (primary N) is 1. The number of rotatable bonds is 3. The number of hydrogen-bond acceptors (Lipinski definition) is 3. The first kappa shape index (κ1) is 12.7. The van der Waals surface area contributed by atoms with Crippen molar-refractivity contribution < 1.29 is 9.84 Å². The van der Waals surface area contributed by atoms with E-state index < -0.39 is 0 Å². The third-order valence-electron chi connectivity index (χ3n) is 3.91. The first-order chi connectivity index (χ1) is 8.05. The van der Waals surface area contributed by atoms with Gasteiger partial charge in [-0.25, -0.2) is 0 Å². The Morgan fingerprint density at radius 1 is 1.53 bits per heavy atom. The number of aromatic hydroxyl groups is 1. The molecule has 0 amide bonds. The summed E-state index contributed by atoms with van der Waals surface area (Å²) in [6, 6.07) is 1.80. The van der Waals surface area contributed by atoms with Gasteiger partial charge in [0.1, 0.15) is 0 Å². The number of halogens is 1. The summed E-state index contributed by atoms with van der Waals surface area (Å²) < 4.78 is 6.17. The predicted octanol–water partition coefficient (Wildman–Crippen LogP) is 2.85. The molecule has 0 atom stereocenters. The first-order valence-electron chi connectivity index (χ1n) is 5.82. The Morgan fingerprint density at radius 3 is 2.59 bits per heavy atom. The molecule has 0 bridgehead atoms. The van der Waals surface area contributed by atoms with Crippen molar-refractivity contribution in [2.24, 2.45) is 5.73 Å². The van der Waals surface area contributed by atoms with E-state index in [1.807, 2.05) is 6.92 Å². The standard InChI is InChI=1S/C13H18BrNO2/c1-8-9(14)6-10(17-2)12(16)11(8)13(7-15)4-3-5-13/h6,16H,3-5,7,15H2,1-2H3. The van der Waals surface area contributed by atoms with Gasteiger partial charge in [-0.1, -0.05) is 22.4 Å². The summed E-state index contributed by atoms with van der Waals surface area (Å²) >= 11 is 3.51. The summed E-state index contributed by atoms with van der Waals surface area (Å²) in [4.78, 5) is 0. The second kappa shape index (κ2) is 4.50. The fraction of sp³-hybridized carbons (Fsp3) is 0.538. The highest BCUT2D eigenvalue weighted by Gasteiger charge is 2.41. The van der Waals surface area contributed by atoms with E-state index in [-0.39, 0.29) is 11.2 Å². The summed E-state index contributed by atoms with van der Waals surface area (Å²) in [5, 5.41) is 10.3. The molecule has 1 saturated carbocycles. The summed E-state index contributed by atoms with van der Waals surface area (Å²) in [7, 11) is 1.57. The number of ether oxygens (including phenoxy) is 1. The molecule has 2 rings (SSSR count). The Bertz CT molecular complexity index is 436. The van der Waals surface area contributed by atoms with Crippen LogP contribution >= 0.6 is 15.9 Å². The number of methoxy groups -OCH3 is 1. The van der Waals surface area contributed by atoms with E-state index in [0.29, 0.717) is 12.3 Å². The van der Waals surface area contributed by atoms with Crippen LogP contribution in [0.3, 0.4) is 0 Å². The summed E-state index contributed by atoms with van der Waals surface area (Å²) in [5.74, 6) is 0.760. The van der Waals surface area contributed by atoms with Gasteiger partial charge in [0.2, 0.25) is 0 Å². The van der Waals surface area contributed by atoms with Gasteiger partial charge in [-0.05, 0) is 31.4 Å². The maximum absolute atomic E-state index is 10.3. The number of hydrogen-bond donors (Lipinski definition) is 2. The van der Waals surface area contributed by atoms with E-state index >= 15 is 0 Å². The van der Waals surface area contributed by atoms with Gasteiger partial charge in [0.25, 0.3) is 0 Å². The van der Waals surface area contributed by atoms with Crippen molar-refractivity contribution in [3.63, 3.8) is 0 Å². The van der Waals surface area contributed by atoms with Gasteiger partial charge in [0, 0.05) is 22.0 Å². The van der Waals surface area contributed by atoms with Crippen LogP contribution in [-0.2, 0) is 5.41 Å². The molecule has 0 unspecified atom stereocenters. The van der Waals surface area contributed by atoms with Crippen LogP contribution in [0.25, 0.3) is 0 Å². The predicted molar refractivity (Wildman–Crippen MR) is 71.7 cm³/mol. The van der Waals surface area contributed by atoms with Crippen molar-refractivity contribution in [1.82, 2.24) is 0 Å². The summed E-state index contributed by atoms with van der Waals surface area (Å²) in [6.45, 7) is 2.58. The highest BCUT2D eigenvalue weighted by Crippen LogP contribution is 2.51. The van der Waals surface area contributed by atoms with Crippen molar-refractivity contribution in [2.45, 2.75) is 31.6 Å². The minimum atomic E-state index is -0.0643. The van der Waals surface area contributed by atoms with Crippen molar-refractivity contribution in [3.8, 4) is 11.5 Å². The molecule has 0 radical (unpaired) electrons. The molecule has 3 nitrogen and oxygen atoms in total. The van der Waals surface area contributed by atoms with Crippen LogP contribution in [0, 0.1) is 6.92 Å². The van der Waals surface area contributed by atoms with Crippen LogP contribution in [-0.4, -0.2) is 18.8 Å². The Morgan fingerprint density at radius 2 is 2.18 bits per heavy atom. The fourth-order valence-corrected chi connectivity index (χ4v) is 3.08. The molecule has 1 aliphatic rings. The molecule has 0 spiro atoms. The lowest BCUT2D eigenvalue weighted by atomic mass is 9.63. The summed E-state index contributed by atoms with van der Waals surface area (Å²) in [5.41, 5.74) is 7.87. The molecule has 94 valence electrons. The van der Waals surface area contributed by atoms with Crippen LogP contribution in [0.4, 0.5) is 0 Å². The molecule has 17 heavy (non-hydrogen) atoms. The second-order valence-corrected chi connectivity index (χ2v) is 5.60. The minimum Gasteiger partial charge on any atom is -0.504 e. The SMILES string of the molecule is COc1cc(Br)c(C)c(C2(CN)CCC2)c1O. The van der Waals surface area contributed by atoms with Crippen LogP contribution < -0.4 is 10.5 Å². The number of benzene rings is 1. The Labute approximate surface area is 110 Å². The van der Waals surface area contributed by atoms with E-state index in [2.05, 4.69) is 15.9 Å². The maximum atomic E-state index is 10.3. The van der Waals surface area contributed by atoms with Crippen LogP contribution in [0.1, 0.15) is 30.4 Å². The molecule has 1 aromatic carbocycles. The second-order valence-electron chi connectivity index (χ2n) is 4.75. The lowest BCUT2D eigenvalue weighted by Crippen LogP contribution is -2.42. The first-order valence-corrected chi connectivity index (χ1v) is 6.61. The van der Waals surface area contributed by atoms with Gasteiger partial charge in [0.15, 0.2) is 11.5 Å². The molecular formula is C13H18BrNO2. The zero-order valence-corrected chi connectivity index (χ0v) is 11.8. The van der Waals surface area contributed by atoms with Gasteiger partial charge in [-0.3, -0.25) is 0 Å². The Balaban J connectivity index is 2.63. The molecule has 0 heterocycles. The molecule has 1 aromatic rings. The minimum absolute atomic E-state index is 0.0643. The molecule has 4 heteroatoms. The molecule has 1 aliphatic carbocycles. The summed E-state index contributed by atoms with van der Waals surface area (Å²) in [6.07, 6.45) is 3.25. The van der Waals surface area contributed by atoms with Crippen LogP contribution in [0.2, 0.25) is 0 Å². The van der Waals surface area contributed by atoms with E-state index in [0.717, 1.165) is 28.4 Å². The van der Waals surface area contributed by atoms with Crippen molar-refractivity contribution in [1.29, 1.82) is 0 Å². The Hall–Kier alpha value is -0.740. The van der Waals surface area contributed by atoms with E-state index in [1.54, 1.807) is 13.2 Å². The lowest BCUT2D eigenvalue weighted by molar-refractivity contribution is 0.240. The monoisotopic (exact) mass is 299 g/mol. The van der Waals surface area contributed by atoms with E-state index in [1.165, 1.54) is 6.42 Å². The quantitative estimate of drug-likeness (QED) is 0.902. The highest BCUT2D eigenvalue weighted by atomic mass is 79.9. The average molecular weight is 300 g/mol. The lowest BCUT2D eigenvalue weighted by Gasteiger charge is -2.43. The maximum Gasteiger partial charge on any atom is 0.161 e. The topological polar surface area (TPSA) is 55.5 Å². The van der Waals surface area contributed by atoms with Gasteiger partial charge >= 0.3 is 0 Å². The van der Waals surface area contributed by atoms with Gasteiger partial charge in [-0.15, -0.1) is 0 Å². The Kier molecular flexibility index (Phi) is 3.36. The number of phenols is 1. The normalized spacial score (nSPS) is 17.6. The molecule has 3 N–H and O–H groups in total. The smallest absolute Gasteiger partial charge is 0.161 e. The highest BCUT2D eigenvalue weighted by molar-refractivity contribution is 9.10. The molecule has 0 aromatic heterocycles. The zero-order valence-electron chi connectivity index (χ0n) is 10.2. The molecular weight excluding hydrogens is 282 g/mol. The zero-order chi connectivity index (χ0) is 12.6. The average Bonchev–Trinajstić information content (AvgIpc) is 2.27. The molecule has 1 fully saturated rings. The number of phenolic OH excluding ortho intramolecular Hbond substituents is 1. The van der Waals surface area contributed by atoms with E-state index in [9.17, 15) is 5.11 Å². The van der Waals surface area contributed by atoms with Crippen molar-refractivity contribution in [2.75, 3.05) is 13.7 Å². The van der Waals surface area contributed by atoms with Crippen LogP contribution in [0.5, 0.6) is 11.5 Å². The third kappa shape index (κ3) is 1.83.